The summed E-state index contributed by atoms with van der Waals surface area (Å²) in [5.41, 5.74) is -0.558. The number of aromatic nitrogens is 1. The van der Waals surface area contributed by atoms with Crippen molar-refractivity contribution in [3.63, 3.8) is 0 Å². The first-order valence-corrected chi connectivity index (χ1v) is 8.07. The molecule has 25 heavy (non-hydrogen) atoms. The van der Waals surface area contributed by atoms with E-state index in [-0.39, 0.29) is 16.7 Å². The van der Waals surface area contributed by atoms with E-state index >= 15 is 0 Å². The van der Waals surface area contributed by atoms with Gasteiger partial charge < -0.3 is 10.1 Å². The highest BCUT2D eigenvalue weighted by atomic mass is 35.5. The summed E-state index contributed by atoms with van der Waals surface area (Å²) in [6.45, 7) is 1.29. The smallest absolute Gasteiger partial charge is 0.420 e. The fraction of sp³-hybridized carbons (Fsp3) is 0.353. The predicted molar refractivity (Wildman–Crippen MR) is 85.0 cm³/mol. The maximum atomic E-state index is 13.5. The second-order valence-electron chi connectivity index (χ2n) is 5.87. The summed E-state index contributed by atoms with van der Waals surface area (Å²) in [5.74, 6) is -0.998. The fourth-order valence-corrected chi connectivity index (χ4v) is 3.09. The minimum Gasteiger partial charge on any atom is -0.485 e. The van der Waals surface area contributed by atoms with Gasteiger partial charge in [-0.3, -0.25) is 4.98 Å². The van der Waals surface area contributed by atoms with Gasteiger partial charge in [-0.2, -0.15) is 13.2 Å². The van der Waals surface area contributed by atoms with Crippen molar-refractivity contribution in [3.05, 3.63) is 58.6 Å². The summed E-state index contributed by atoms with van der Waals surface area (Å²) >= 11 is 5.70. The van der Waals surface area contributed by atoms with Crippen LogP contribution >= 0.6 is 11.6 Å². The number of rotatable bonds is 4. The van der Waals surface area contributed by atoms with Crippen LogP contribution in [0.15, 0.2) is 36.7 Å². The molecular formula is C17H15ClF4N2O. The van der Waals surface area contributed by atoms with Crippen molar-refractivity contribution in [1.29, 1.82) is 0 Å². The number of hydrogen-bond donors (Lipinski definition) is 1. The van der Waals surface area contributed by atoms with Crippen molar-refractivity contribution >= 4 is 11.6 Å². The lowest BCUT2D eigenvalue weighted by Gasteiger charge is -2.26. The number of nitrogens with one attached hydrogen (secondary N) is 1. The van der Waals surface area contributed by atoms with E-state index in [1.807, 2.05) is 0 Å². The highest BCUT2D eigenvalue weighted by Gasteiger charge is 2.37. The van der Waals surface area contributed by atoms with Gasteiger partial charge in [0.15, 0.2) is 0 Å². The standard InChI is InChI=1S/C17H15ClF4N2O/c18-12-1-2-15(14(6-12)17(20,21)22)25-16(10-3-4-23-7-10)11-5-13(19)9-24-8-11/h1-2,5-6,8-10,16,23H,3-4,7H2/t10?,16-/m0/s1. The van der Waals surface area contributed by atoms with Crippen molar-refractivity contribution in [2.45, 2.75) is 18.7 Å². The van der Waals surface area contributed by atoms with Gasteiger partial charge in [0.1, 0.15) is 17.7 Å². The molecule has 3 nitrogen and oxygen atoms in total. The van der Waals surface area contributed by atoms with Crippen LogP contribution in [0.2, 0.25) is 5.02 Å². The summed E-state index contributed by atoms with van der Waals surface area (Å²) in [6.07, 6.45) is -2.21. The van der Waals surface area contributed by atoms with Crippen molar-refractivity contribution in [2.24, 2.45) is 5.92 Å². The Balaban J connectivity index is 1.99. The van der Waals surface area contributed by atoms with Gasteiger partial charge in [-0.1, -0.05) is 11.6 Å². The van der Waals surface area contributed by atoms with Crippen molar-refractivity contribution in [3.8, 4) is 5.75 Å². The first-order chi connectivity index (χ1) is 11.8. The van der Waals surface area contributed by atoms with Gasteiger partial charge >= 0.3 is 6.18 Å². The van der Waals surface area contributed by atoms with E-state index in [9.17, 15) is 17.6 Å². The van der Waals surface area contributed by atoms with Gasteiger partial charge in [0, 0.05) is 29.2 Å². The van der Waals surface area contributed by atoms with E-state index in [0.717, 1.165) is 18.8 Å². The molecule has 1 aliphatic rings. The second-order valence-corrected chi connectivity index (χ2v) is 6.30. The Labute approximate surface area is 147 Å². The third-order valence-electron chi connectivity index (χ3n) is 4.08. The number of halogens is 5. The molecule has 0 spiro atoms. The van der Waals surface area contributed by atoms with Gasteiger partial charge in [0.25, 0.3) is 0 Å². The molecule has 8 heteroatoms. The van der Waals surface area contributed by atoms with Crippen molar-refractivity contribution < 1.29 is 22.3 Å². The van der Waals surface area contributed by atoms with Crippen molar-refractivity contribution in [2.75, 3.05) is 13.1 Å². The molecule has 0 radical (unpaired) electrons. The van der Waals surface area contributed by atoms with Gasteiger partial charge in [0.05, 0.1) is 11.8 Å². The number of nitrogens with zero attached hydrogens (tertiary/aromatic N) is 1. The Morgan fingerprint density at radius 1 is 1.24 bits per heavy atom. The third kappa shape index (κ3) is 4.22. The van der Waals surface area contributed by atoms with E-state index in [1.54, 1.807) is 0 Å². The molecule has 0 amide bonds. The number of benzene rings is 1. The molecule has 2 aromatic rings. The number of hydrogen-bond acceptors (Lipinski definition) is 3. The number of alkyl halides is 3. The summed E-state index contributed by atoms with van der Waals surface area (Å²) in [4.78, 5) is 3.78. The highest BCUT2D eigenvalue weighted by molar-refractivity contribution is 6.30. The summed E-state index contributed by atoms with van der Waals surface area (Å²) in [6, 6.07) is 4.58. The molecule has 1 aromatic heterocycles. The zero-order valence-corrected chi connectivity index (χ0v) is 13.7. The minimum atomic E-state index is -4.61. The Bertz CT molecular complexity index is 748. The van der Waals surface area contributed by atoms with Gasteiger partial charge in [0.2, 0.25) is 0 Å². The molecule has 1 unspecified atom stereocenters. The molecule has 0 aliphatic carbocycles. The molecule has 1 N–H and O–H groups in total. The zero-order chi connectivity index (χ0) is 18.0. The first kappa shape index (κ1) is 17.9. The van der Waals surface area contributed by atoms with E-state index in [2.05, 4.69) is 10.3 Å². The minimum absolute atomic E-state index is 0.0359. The summed E-state index contributed by atoms with van der Waals surface area (Å²) in [7, 11) is 0. The van der Waals surface area contributed by atoms with Crippen LogP contribution in [0, 0.1) is 11.7 Å². The Morgan fingerprint density at radius 2 is 2.04 bits per heavy atom. The summed E-state index contributed by atoms with van der Waals surface area (Å²) < 4.78 is 59.2. The molecule has 3 rings (SSSR count). The van der Waals surface area contributed by atoms with Crippen molar-refractivity contribution in [1.82, 2.24) is 10.3 Å². The lowest BCUT2D eigenvalue weighted by molar-refractivity contribution is -0.139. The normalized spacial score (nSPS) is 19.0. The average molecular weight is 375 g/mol. The lowest BCUT2D eigenvalue weighted by atomic mass is 9.95. The Hall–Kier alpha value is -1.86. The molecule has 1 aliphatic heterocycles. The van der Waals surface area contributed by atoms with E-state index < -0.39 is 23.7 Å². The molecule has 134 valence electrons. The topological polar surface area (TPSA) is 34.1 Å². The molecule has 0 bridgehead atoms. The highest BCUT2D eigenvalue weighted by Crippen LogP contribution is 2.41. The van der Waals surface area contributed by atoms with Gasteiger partial charge in [-0.05, 0) is 37.2 Å². The zero-order valence-electron chi connectivity index (χ0n) is 13.0. The van der Waals surface area contributed by atoms with E-state index in [0.29, 0.717) is 18.5 Å². The van der Waals surface area contributed by atoms with Gasteiger partial charge in [-0.25, -0.2) is 4.39 Å². The number of pyridine rings is 1. The molecule has 0 saturated carbocycles. The van der Waals surface area contributed by atoms with Crippen LogP contribution in [-0.4, -0.2) is 18.1 Å². The van der Waals surface area contributed by atoms with Crippen LogP contribution in [0.1, 0.15) is 23.7 Å². The van der Waals surface area contributed by atoms with Crippen LogP contribution in [0.25, 0.3) is 0 Å². The van der Waals surface area contributed by atoms with E-state index in [1.165, 1.54) is 24.4 Å². The van der Waals surface area contributed by atoms with Crippen LogP contribution in [0.3, 0.4) is 0 Å². The average Bonchev–Trinajstić information content (AvgIpc) is 3.07. The quantitative estimate of drug-likeness (QED) is 0.793. The fourth-order valence-electron chi connectivity index (χ4n) is 2.92. The van der Waals surface area contributed by atoms with Crippen LogP contribution in [-0.2, 0) is 6.18 Å². The maximum Gasteiger partial charge on any atom is 0.420 e. The molecular weight excluding hydrogens is 360 g/mol. The number of ether oxygens (including phenoxy) is 1. The molecule has 2 atom stereocenters. The lowest BCUT2D eigenvalue weighted by Crippen LogP contribution is -2.23. The maximum absolute atomic E-state index is 13.5. The Kier molecular flexibility index (Phi) is 5.15. The van der Waals surface area contributed by atoms with Crippen LogP contribution in [0.5, 0.6) is 5.75 Å². The molecule has 2 heterocycles. The van der Waals surface area contributed by atoms with Crippen LogP contribution < -0.4 is 10.1 Å². The SMILES string of the molecule is Fc1cncc([C@@H](Oc2ccc(Cl)cc2C(F)(F)F)C2CCNC2)c1. The monoisotopic (exact) mass is 374 g/mol. The van der Waals surface area contributed by atoms with E-state index in [4.69, 9.17) is 16.3 Å². The largest absolute Gasteiger partial charge is 0.485 e. The molecule has 1 fully saturated rings. The second kappa shape index (κ2) is 7.17. The van der Waals surface area contributed by atoms with Crippen LogP contribution in [0.4, 0.5) is 17.6 Å². The first-order valence-electron chi connectivity index (χ1n) is 7.69. The summed E-state index contributed by atoms with van der Waals surface area (Å²) in [5, 5.41) is 3.10. The predicted octanol–water partition coefficient (Wildman–Crippen LogP) is 4.62. The van der Waals surface area contributed by atoms with Gasteiger partial charge in [-0.15, -0.1) is 0 Å². The third-order valence-corrected chi connectivity index (χ3v) is 4.32. The molecule has 1 saturated heterocycles. The molecule has 1 aromatic carbocycles. The Morgan fingerprint density at radius 3 is 2.68 bits per heavy atom.